The molecule has 0 unspecified atom stereocenters. The lowest BCUT2D eigenvalue weighted by Crippen LogP contribution is -2.54. The fraction of sp³-hybridized carbons (Fsp3) is 0.700. The van der Waals surface area contributed by atoms with Crippen molar-refractivity contribution in [3.05, 3.63) is 11.9 Å². The predicted octanol–water partition coefficient (Wildman–Crippen LogP) is 1.24. The number of nitrogens with one attached hydrogen (secondary N) is 1. The lowest BCUT2D eigenvalue weighted by Gasteiger charge is -2.36. The van der Waals surface area contributed by atoms with Crippen LogP contribution in [-0.4, -0.2) is 30.0 Å². The van der Waals surface area contributed by atoms with Gasteiger partial charge in [-0.15, -0.1) is 0 Å². The maximum absolute atomic E-state index is 14.3. The topological polar surface area (TPSA) is 39.1 Å². The van der Waals surface area contributed by atoms with Gasteiger partial charge in [0.05, 0.1) is 13.3 Å². The number of ether oxygens (including phenoxy) is 1. The molecule has 0 aliphatic carbocycles. The van der Waals surface area contributed by atoms with Gasteiger partial charge in [-0.05, 0) is 13.8 Å². The van der Waals surface area contributed by atoms with Gasteiger partial charge in [-0.3, -0.25) is 4.68 Å². The molecule has 84 valence electrons. The van der Waals surface area contributed by atoms with Crippen LogP contribution in [0.15, 0.2) is 6.20 Å². The van der Waals surface area contributed by atoms with E-state index in [0.29, 0.717) is 24.5 Å². The van der Waals surface area contributed by atoms with E-state index in [0.717, 1.165) is 0 Å². The average Bonchev–Trinajstić information content (AvgIpc) is 2.57. The van der Waals surface area contributed by atoms with Crippen molar-refractivity contribution in [2.45, 2.75) is 25.6 Å². The summed E-state index contributed by atoms with van der Waals surface area (Å²) in [5.74, 6) is 0.535. The number of halogens is 1. The fourth-order valence-electron chi connectivity index (χ4n) is 1.83. The van der Waals surface area contributed by atoms with Gasteiger partial charge in [-0.1, -0.05) is 0 Å². The van der Waals surface area contributed by atoms with E-state index in [1.807, 2.05) is 13.8 Å². The third-order valence-corrected chi connectivity index (χ3v) is 2.71. The van der Waals surface area contributed by atoms with Gasteiger partial charge >= 0.3 is 0 Å². The van der Waals surface area contributed by atoms with Crippen LogP contribution in [0.1, 0.15) is 25.6 Å². The fourth-order valence-corrected chi connectivity index (χ4v) is 1.83. The quantitative estimate of drug-likeness (QED) is 0.821. The van der Waals surface area contributed by atoms with Crippen molar-refractivity contribution >= 4 is 0 Å². The molecule has 0 radical (unpaired) electrons. The van der Waals surface area contributed by atoms with Gasteiger partial charge in [-0.2, -0.15) is 5.10 Å². The largest absolute Gasteiger partial charge is 0.493 e. The van der Waals surface area contributed by atoms with Gasteiger partial charge in [0.25, 0.3) is 0 Å². The first-order valence-electron chi connectivity index (χ1n) is 5.10. The van der Waals surface area contributed by atoms with E-state index in [9.17, 15) is 4.39 Å². The first-order valence-corrected chi connectivity index (χ1v) is 5.10. The monoisotopic (exact) mass is 213 g/mol. The molecule has 2 rings (SSSR count). The molecule has 1 N–H and O–H groups in total. The Kier molecular flexibility index (Phi) is 2.42. The Bertz CT molecular complexity index is 358. The highest BCUT2D eigenvalue weighted by Gasteiger charge is 2.44. The summed E-state index contributed by atoms with van der Waals surface area (Å²) in [6.07, 6.45) is 1.58. The first kappa shape index (κ1) is 10.4. The van der Waals surface area contributed by atoms with Crippen molar-refractivity contribution < 1.29 is 9.13 Å². The lowest BCUT2D eigenvalue weighted by atomic mass is 9.94. The van der Waals surface area contributed by atoms with Gasteiger partial charge in [0, 0.05) is 19.1 Å². The number of hydrogen-bond acceptors (Lipinski definition) is 3. The average molecular weight is 213 g/mol. The molecule has 1 aliphatic rings. The summed E-state index contributed by atoms with van der Waals surface area (Å²) in [5.41, 5.74) is -0.773. The normalized spacial score (nSPS) is 19.0. The van der Waals surface area contributed by atoms with Crippen molar-refractivity contribution in [1.82, 2.24) is 15.1 Å². The number of nitrogens with zero attached hydrogens (tertiary/aromatic N) is 2. The van der Waals surface area contributed by atoms with Crippen LogP contribution in [0.2, 0.25) is 0 Å². The summed E-state index contributed by atoms with van der Waals surface area (Å²) < 4.78 is 21.2. The SMILES string of the molecule is COc1cnn(C(C)C)c1C1(F)CNC1. The van der Waals surface area contributed by atoms with E-state index in [2.05, 4.69) is 10.4 Å². The number of hydrogen-bond donors (Lipinski definition) is 1. The summed E-state index contributed by atoms with van der Waals surface area (Å²) in [5, 5.41) is 7.09. The molecule has 2 heterocycles. The molecule has 0 aromatic carbocycles. The van der Waals surface area contributed by atoms with Gasteiger partial charge in [-0.25, -0.2) is 4.39 Å². The molecular formula is C10H16FN3O. The summed E-state index contributed by atoms with van der Waals surface area (Å²) in [6, 6.07) is 0.136. The maximum atomic E-state index is 14.3. The van der Waals surface area contributed by atoms with E-state index in [1.54, 1.807) is 18.0 Å². The molecular weight excluding hydrogens is 197 g/mol. The van der Waals surface area contributed by atoms with Crippen LogP contribution < -0.4 is 10.1 Å². The van der Waals surface area contributed by atoms with Crippen LogP contribution in [0.4, 0.5) is 4.39 Å². The minimum atomic E-state index is -1.33. The van der Waals surface area contributed by atoms with Crippen LogP contribution in [0.5, 0.6) is 5.75 Å². The van der Waals surface area contributed by atoms with Crippen molar-refractivity contribution in [1.29, 1.82) is 0 Å². The summed E-state index contributed by atoms with van der Waals surface area (Å²) in [6.45, 7) is 4.63. The molecule has 0 atom stereocenters. The lowest BCUT2D eigenvalue weighted by molar-refractivity contribution is 0.0733. The zero-order chi connectivity index (χ0) is 11.1. The zero-order valence-corrected chi connectivity index (χ0v) is 9.25. The van der Waals surface area contributed by atoms with E-state index in [4.69, 9.17) is 4.74 Å². The standard InChI is InChI=1S/C10H16FN3O/c1-7(2)14-9(8(15-3)4-13-14)10(11)5-12-6-10/h4,7,12H,5-6H2,1-3H3. The third kappa shape index (κ3) is 1.51. The van der Waals surface area contributed by atoms with Gasteiger partial charge in [0.2, 0.25) is 0 Å². The maximum Gasteiger partial charge on any atom is 0.180 e. The molecule has 1 aliphatic heterocycles. The smallest absolute Gasteiger partial charge is 0.180 e. The van der Waals surface area contributed by atoms with E-state index >= 15 is 0 Å². The highest BCUT2D eigenvalue weighted by atomic mass is 19.1. The Morgan fingerprint density at radius 3 is 2.67 bits per heavy atom. The van der Waals surface area contributed by atoms with Gasteiger partial charge in [0.15, 0.2) is 11.4 Å². The van der Waals surface area contributed by atoms with Crippen molar-refractivity contribution in [3.8, 4) is 5.75 Å². The molecule has 1 aromatic heterocycles. The summed E-state index contributed by atoms with van der Waals surface area (Å²) in [7, 11) is 1.54. The Hall–Kier alpha value is -1.10. The number of alkyl halides is 1. The molecule has 4 nitrogen and oxygen atoms in total. The Morgan fingerprint density at radius 2 is 2.27 bits per heavy atom. The third-order valence-electron chi connectivity index (χ3n) is 2.71. The zero-order valence-electron chi connectivity index (χ0n) is 9.25. The second-order valence-corrected chi connectivity index (χ2v) is 4.17. The minimum absolute atomic E-state index is 0.136. The molecule has 1 aromatic rings. The van der Waals surface area contributed by atoms with Crippen molar-refractivity contribution in [2.75, 3.05) is 20.2 Å². The summed E-state index contributed by atoms with van der Waals surface area (Å²) in [4.78, 5) is 0. The van der Waals surface area contributed by atoms with E-state index in [1.165, 1.54) is 0 Å². The number of aromatic nitrogens is 2. The van der Waals surface area contributed by atoms with Crippen LogP contribution in [0, 0.1) is 0 Å². The van der Waals surface area contributed by atoms with Crippen LogP contribution >= 0.6 is 0 Å². The number of methoxy groups -OCH3 is 1. The van der Waals surface area contributed by atoms with Crippen molar-refractivity contribution in [2.24, 2.45) is 0 Å². The summed E-state index contributed by atoms with van der Waals surface area (Å²) >= 11 is 0. The van der Waals surface area contributed by atoms with Gasteiger partial charge in [0.1, 0.15) is 5.69 Å². The predicted molar refractivity (Wildman–Crippen MR) is 54.8 cm³/mol. The van der Waals surface area contributed by atoms with E-state index in [-0.39, 0.29) is 6.04 Å². The van der Waals surface area contributed by atoms with Crippen LogP contribution in [-0.2, 0) is 5.67 Å². The number of rotatable bonds is 3. The minimum Gasteiger partial charge on any atom is -0.493 e. The molecule has 1 fully saturated rings. The second kappa shape index (κ2) is 3.48. The Balaban J connectivity index is 2.45. The Labute approximate surface area is 88.4 Å². The van der Waals surface area contributed by atoms with Crippen molar-refractivity contribution in [3.63, 3.8) is 0 Å². The molecule has 1 saturated heterocycles. The van der Waals surface area contributed by atoms with E-state index < -0.39 is 5.67 Å². The molecule has 15 heavy (non-hydrogen) atoms. The molecule has 5 heteroatoms. The molecule has 0 bridgehead atoms. The first-order chi connectivity index (χ1) is 7.08. The molecule has 0 spiro atoms. The Morgan fingerprint density at radius 1 is 1.60 bits per heavy atom. The molecule has 0 saturated carbocycles. The van der Waals surface area contributed by atoms with Crippen LogP contribution in [0.3, 0.4) is 0 Å². The second-order valence-electron chi connectivity index (χ2n) is 4.17. The van der Waals surface area contributed by atoms with Gasteiger partial charge < -0.3 is 10.1 Å². The highest BCUT2D eigenvalue weighted by Crippen LogP contribution is 2.37. The van der Waals surface area contributed by atoms with Crippen LogP contribution in [0.25, 0.3) is 0 Å². The molecule has 0 amide bonds. The highest BCUT2D eigenvalue weighted by molar-refractivity contribution is 5.34.